The van der Waals surface area contributed by atoms with Crippen molar-refractivity contribution in [1.29, 1.82) is 0 Å². The first-order chi connectivity index (χ1) is 14.5. The van der Waals surface area contributed by atoms with Crippen molar-refractivity contribution in [1.82, 2.24) is 15.8 Å². The molecule has 2 heterocycles. The molecule has 4 atom stereocenters. The van der Waals surface area contributed by atoms with Gasteiger partial charge in [0.15, 0.2) is 6.54 Å². The number of hydrazine groups is 1. The lowest BCUT2D eigenvalue weighted by atomic mass is 9.78. The number of urea groups is 1. The third-order valence-corrected chi connectivity index (χ3v) is 7.15. The number of likely N-dealkylation sites (tertiary alicyclic amines) is 1. The molecule has 1 aromatic carbocycles. The van der Waals surface area contributed by atoms with Crippen LogP contribution in [-0.2, 0) is 16.0 Å². The van der Waals surface area contributed by atoms with E-state index in [4.69, 9.17) is 0 Å². The molecular formula is C23H33N4O3+. The second kappa shape index (κ2) is 8.76. The number of nitrogens with one attached hydrogen (secondary N) is 3. The summed E-state index contributed by atoms with van der Waals surface area (Å²) >= 11 is 0. The third-order valence-electron chi connectivity index (χ3n) is 7.15. The molecule has 162 valence electrons. The highest BCUT2D eigenvalue weighted by Gasteiger charge is 2.48. The number of piperidine rings is 1. The Morgan fingerprint density at radius 3 is 2.70 bits per heavy atom. The van der Waals surface area contributed by atoms with E-state index >= 15 is 0 Å². The number of hydrogen-bond acceptors (Lipinski definition) is 3. The molecule has 3 fully saturated rings. The standard InChI is InChI=1S/C23H32N4O3/c1-23(14-13-17-8-3-2-4-9-17)21(29)27(22(30)24-23)25-20(28)16-26-15-7-11-18-10-5-6-12-19(18)26/h2-4,8-9,18-19H,5-7,10-16H2,1H3,(H,24,30)(H,25,28)/p+1/t18-,19+,23+/m1/s1. The van der Waals surface area contributed by atoms with Gasteiger partial charge in [-0.1, -0.05) is 36.8 Å². The molecule has 30 heavy (non-hydrogen) atoms. The van der Waals surface area contributed by atoms with Crippen LogP contribution in [0.1, 0.15) is 57.4 Å². The first kappa shape index (κ1) is 20.8. The maximum atomic E-state index is 12.9. The minimum Gasteiger partial charge on any atom is -0.324 e. The number of fused-ring (bicyclic) bond motifs is 1. The molecule has 0 radical (unpaired) electrons. The Kier molecular flexibility index (Phi) is 6.09. The van der Waals surface area contributed by atoms with Crippen molar-refractivity contribution in [3.05, 3.63) is 35.9 Å². The predicted octanol–water partition coefficient (Wildman–Crippen LogP) is 1.20. The van der Waals surface area contributed by atoms with Crippen molar-refractivity contribution in [2.24, 2.45) is 5.92 Å². The molecule has 0 aromatic heterocycles. The van der Waals surface area contributed by atoms with Crippen LogP contribution in [0.3, 0.4) is 0 Å². The van der Waals surface area contributed by atoms with Gasteiger partial charge in [0.1, 0.15) is 5.54 Å². The van der Waals surface area contributed by atoms with Gasteiger partial charge in [0, 0.05) is 5.92 Å². The number of carbonyl (C=O) groups excluding carboxylic acids is 3. The molecule has 0 bridgehead atoms. The summed E-state index contributed by atoms with van der Waals surface area (Å²) in [6.07, 6.45) is 8.54. The lowest BCUT2D eigenvalue weighted by Crippen LogP contribution is -3.18. The van der Waals surface area contributed by atoms with E-state index in [9.17, 15) is 14.4 Å². The van der Waals surface area contributed by atoms with Crippen LogP contribution in [0, 0.1) is 5.92 Å². The zero-order chi connectivity index (χ0) is 21.1. The van der Waals surface area contributed by atoms with Crippen molar-refractivity contribution in [2.75, 3.05) is 13.1 Å². The van der Waals surface area contributed by atoms with E-state index in [-0.39, 0.29) is 11.8 Å². The van der Waals surface area contributed by atoms with Gasteiger partial charge in [-0.2, -0.15) is 5.01 Å². The first-order valence-electron chi connectivity index (χ1n) is 11.3. The summed E-state index contributed by atoms with van der Waals surface area (Å²) < 4.78 is 0. The number of carbonyl (C=O) groups is 3. The fraction of sp³-hybridized carbons (Fsp3) is 0.609. The van der Waals surface area contributed by atoms with E-state index in [1.807, 2.05) is 30.3 Å². The van der Waals surface area contributed by atoms with Crippen molar-refractivity contribution < 1.29 is 19.3 Å². The van der Waals surface area contributed by atoms with Gasteiger partial charge in [0.2, 0.25) is 0 Å². The molecular weight excluding hydrogens is 380 g/mol. The Morgan fingerprint density at radius 1 is 1.17 bits per heavy atom. The summed E-state index contributed by atoms with van der Waals surface area (Å²) in [5.74, 6) is 0.0706. The SMILES string of the molecule is C[C@@]1(CCc2ccccc2)NC(=O)N(NC(=O)C[NH+]2CCC[C@H]3CCCC[C@@H]32)C1=O. The van der Waals surface area contributed by atoms with Crippen molar-refractivity contribution in [3.63, 3.8) is 0 Å². The van der Waals surface area contributed by atoms with Crippen LogP contribution in [0.15, 0.2) is 30.3 Å². The van der Waals surface area contributed by atoms with Crippen LogP contribution in [-0.4, -0.2) is 47.5 Å². The Bertz CT molecular complexity index is 797. The molecule has 4 rings (SSSR count). The lowest BCUT2D eigenvalue weighted by molar-refractivity contribution is -0.928. The Hall–Kier alpha value is -2.41. The van der Waals surface area contributed by atoms with Crippen LogP contribution in [0.25, 0.3) is 0 Å². The smallest absolute Gasteiger partial charge is 0.324 e. The maximum absolute atomic E-state index is 12.9. The van der Waals surface area contributed by atoms with Crippen molar-refractivity contribution in [2.45, 2.75) is 69.9 Å². The summed E-state index contributed by atoms with van der Waals surface area (Å²) in [6.45, 7) is 3.04. The summed E-state index contributed by atoms with van der Waals surface area (Å²) in [4.78, 5) is 39.4. The molecule has 7 heteroatoms. The molecule has 1 unspecified atom stereocenters. The van der Waals surface area contributed by atoms with Crippen LogP contribution in [0.4, 0.5) is 4.79 Å². The molecule has 1 aromatic rings. The van der Waals surface area contributed by atoms with Gasteiger partial charge < -0.3 is 10.2 Å². The van der Waals surface area contributed by atoms with Gasteiger partial charge in [0.05, 0.1) is 12.6 Å². The van der Waals surface area contributed by atoms with Gasteiger partial charge in [0.25, 0.3) is 11.8 Å². The van der Waals surface area contributed by atoms with E-state index in [0.717, 1.165) is 23.5 Å². The van der Waals surface area contributed by atoms with Crippen LogP contribution in [0.2, 0.25) is 0 Å². The van der Waals surface area contributed by atoms with Crippen LogP contribution in [0.5, 0.6) is 0 Å². The van der Waals surface area contributed by atoms with Gasteiger partial charge in [-0.05, 0) is 57.4 Å². The average Bonchev–Trinajstić information content (AvgIpc) is 2.97. The second-order valence-corrected chi connectivity index (χ2v) is 9.30. The number of quaternary nitrogens is 1. The highest BCUT2D eigenvalue weighted by Crippen LogP contribution is 2.28. The Morgan fingerprint density at radius 2 is 1.90 bits per heavy atom. The van der Waals surface area contributed by atoms with Crippen LogP contribution < -0.4 is 15.6 Å². The number of aryl methyl sites for hydroxylation is 1. The minimum absolute atomic E-state index is 0.257. The van der Waals surface area contributed by atoms with E-state index in [1.165, 1.54) is 37.0 Å². The number of amides is 4. The molecule has 3 N–H and O–H groups in total. The predicted molar refractivity (Wildman–Crippen MR) is 112 cm³/mol. The first-order valence-corrected chi connectivity index (χ1v) is 11.3. The molecule has 4 amide bonds. The number of rotatable bonds is 6. The van der Waals surface area contributed by atoms with Gasteiger partial charge in [-0.25, -0.2) is 4.79 Å². The molecule has 3 aliphatic rings. The van der Waals surface area contributed by atoms with E-state index in [2.05, 4.69) is 10.7 Å². The van der Waals surface area contributed by atoms with Gasteiger partial charge in [-0.15, -0.1) is 0 Å². The Balaban J connectivity index is 1.34. The third kappa shape index (κ3) is 4.36. The molecule has 0 spiro atoms. The number of hydrogen-bond donors (Lipinski definition) is 3. The van der Waals surface area contributed by atoms with E-state index in [1.54, 1.807) is 6.92 Å². The Labute approximate surface area is 178 Å². The molecule has 2 saturated heterocycles. The lowest BCUT2D eigenvalue weighted by Gasteiger charge is -2.40. The summed E-state index contributed by atoms with van der Waals surface area (Å²) in [7, 11) is 0. The summed E-state index contributed by atoms with van der Waals surface area (Å²) in [6, 6.07) is 9.86. The zero-order valence-electron chi connectivity index (χ0n) is 17.8. The number of imide groups is 1. The number of benzene rings is 1. The van der Waals surface area contributed by atoms with E-state index < -0.39 is 11.6 Å². The quantitative estimate of drug-likeness (QED) is 0.613. The van der Waals surface area contributed by atoms with Crippen molar-refractivity contribution in [3.8, 4) is 0 Å². The number of nitrogens with zero attached hydrogens (tertiary/aromatic N) is 1. The van der Waals surface area contributed by atoms with Gasteiger partial charge in [-0.3, -0.25) is 15.0 Å². The highest BCUT2D eigenvalue weighted by atomic mass is 16.2. The zero-order valence-corrected chi connectivity index (χ0v) is 17.8. The summed E-state index contributed by atoms with van der Waals surface area (Å²) in [5, 5.41) is 3.65. The minimum atomic E-state index is -1.01. The average molecular weight is 414 g/mol. The molecule has 7 nitrogen and oxygen atoms in total. The molecule has 1 saturated carbocycles. The monoisotopic (exact) mass is 413 g/mol. The fourth-order valence-corrected chi connectivity index (χ4v) is 5.45. The summed E-state index contributed by atoms with van der Waals surface area (Å²) in [5.41, 5.74) is 2.69. The second-order valence-electron chi connectivity index (χ2n) is 9.30. The fourth-order valence-electron chi connectivity index (χ4n) is 5.45. The maximum Gasteiger partial charge on any atom is 0.344 e. The highest BCUT2D eigenvalue weighted by molar-refractivity contribution is 6.07. The molecule has 1 aliphatic carbocycles. The van der Waals surface area contributed by atoms with Crippen molar-refractivity contribution >= 4 is 17.8 Å². The van der Waals surface area contributed by atoms with E-state index in [0.29, 0.717) is 31.3 Å². The topological polar surface area (TPSA) is 83.0 Å². The molecule has 2 aliphatic heterocycles. The van der Waals surface area contributed by atoms with Gasteiger partial charge >= 0.3 is 6.03 Å². The normalized spacial score (nSPS) is 31.2. The van der Waals surface area contributed by atoms with Crippen LogP contribution >= 0.6 is 0 Å². The largest absolute Gasteiger partial charge is 0.344 e.